The summed E-state index contributed by atoms with van der Waals surface area (Å²) in [6, 6.07) is 6.41. The molecule has 0 amide bonds. The van der Waals surface area contributed by atoms with Crippen LogP contribution in [-0.4, -0.2) is 49.1 Å². The molecule has 1 aliphatic heterocycles. The molecule has 2 aliphatic rings. The topological polar surface area (TPSA) is 59.9 Å². The van der Waals surface area contributed by atoms with Gasteiger partial charge in [0.15, 0.2) is 0 Å². The van der Waals surface area contributed by atoms with Gasteiger partial charge in [-0.2, -0.15) is 0 Å². The smallest absolute Gasteiger partial charge is 0.123 e. The molecule has 0 bridgehead atoms. The summed E-state index contributed by atoms with van der Waals surface area (Å²) in [6.07, 6.45) is 9.14. The Morgan fingerprint density at radius 1 is 1.30 bits per heavy atom. The van der Waals surface area contributed by atoms with Crippen LogP contribution in [0.1, 0.15) is 58.1 Å². The highest BCUT2D eigenvalue weighted by atomic mass is 16.3. The van der Waals surface area contributed by atoms with E-state index in [1.807, 2.05) is 25.4 Å². The third kappa shape index (κ3) is 5.41. The predicted molar refractivity (Wildman–Crippen MR) is 141 cm³/mol. The minimum absolute atomic E-state index is 0.277. The van der Waals surface area contributed by atoms with Crippen LogP contribution in [-0.2, 0) is 0 Å². The number of nitrogens with zero attached hydrogens (tertiary/aromatic N) is 2. The van der Waals surface area contributed by atoms with Crippen molar-refractivity contribution in [3.8, 4) is 5.75 Å². The van der Waals surface area contributed by atoms with E-state index in [-0.39, 0.29) is 5.75 Å². The average molecular weight is 449 g/mol. The van der Waals surface area contributed by atoms with Gasteiger partial charge in [-0.05, 0) is 73.8 Å². The Morgan fingerprint density at radius 2 is 2.00 bits per heavy atom. The third-order valence-electron chi connectivity index (χ3n) is 7.26. The van der Waals surface area contributed by atoms with E-state index in [0.29, 0.717) is 11.5 Å². The molecule has 0 radical (unpaired) electrons. The van der Waals surface area contributed by atoms with Crippen molar-refractivity contribution in [1.82, 2.24) is 15.5 Å². The molecule has 1 spiro atoms. The number of hydrogen-bond donors (Lipinski definition) is 3. The van der Waals surface area contributed by atoms with E-state index in [2.05, 4.69) is 62.9 Å². The molecule has 0 atom stereocenters. The van der Waals surface area contributed by atoms with Crippen molar-refractivity contribution >= 4 is 17.0 Å². The van der Waals surface area contributed by atoms with Gasteiger partial charge in [0.05, 0.1) is 0 Å². The zero-order chi connectivity index (χ0) is 24.2. The molecule has 1 saturated carbocycles. The number of hydrogen-bond acceptors (Lipinski definition) is 4. The number of benzene rings is 1. The van der Waals surface area contributed by atoms with Gasteiger partial charge in [-0.15, -0.1) is 0 Å². The van der Waals surface area contributed by atoms with E-state index in [1.54, 1.807) is 12.1 Å². The second kappa shape index (κ2) is 10.4. The molecule has 1 heterocycles. The van der Waals surface area contributed by atoms with Gasteiger partial charge in [0.25, 0.3) is 0 Å². The van der Waals surface area contributed by atoms with Crippen LogP contribution in [0.4, 0.5) is 0 Å². The fourth-order valence-electron chi connectivity index (χ4n) is 4.79. The van der Waals surface area contributed by atoms with E-state index in [1.165, 1.54) is 25.9 Å². The quantitative estimate of drug-likeness (QED) is 0.286. The van der Waals surface area contributed by atoms with Gasteiger partial charge >= 0.3 is 0 Å². The molecule has 33 heavy (non-hydrogen) atoms. The molecule has 178 valence electrons. The third-order valence-corrected chi connectivity index (χ3v) is 7.26. The lowest BCUT2D eigenvalue weighted by molar-refractivity contribution is -0.00459. The monoisotopic (exact) mass is 448 g/mol. The van der Waals surface area contributed by atoms with E-state index in [4.69, 9.17) is 4.99 Å². The van der Waals surface area contributed by atoms with Crippen LogP contribution in [0.15, 0.2) is 59.4 Å². The predicted octanol–water partition coefficient (Wildman–Crippen LogP) is 5.33. The number of amidine groups is 1. The van der Waals surface area contributed by atoms with Gasteiger partial charge < -0.3 is 20.6 Å². The lowest BCUT2D eigenvalue weighted by Crippen LogP contribution is -2.65. The largest absolute Gasteiger partial charge is 0.507 e. The maximum absolute atomic E-state index is 10.8. The van der Waals surface area contributed by atoms with Crippen LogP contribution in [0.3, 0.4) is 0 Å². The van der Waals surface area contributed by atoms with Crippen molar-refractivity contribution < 1.29 is 5.11 Å². The SMILES string of the molecule is C=C/C(=C\NC)c1ccc(/C(=C/C(C)=C(\C)N=C(C)N(C)C2CC3(CNC3)C2)CC)c(O)c1. The summed E-state index contributed by atoms with van der Waals surface area (Å²) in [7, 11) is 4.02. The first-order valence-corrected chi connectivity index (χ1v) is 11.9. The molecular formula is C28H40N4O. The van der Waals surface area contributed by atoms with Gasteiger partial charge in [0, 0.05) is 50.7 Å². The average Bonchev–Trinajstić information content (AvgIpc) is 2.73. The highest BCUT2D eigenvalue weighted by Crippen LogP contribution is 2.46. The Hall–Kier alpha value is -2.79. The Kier molecular flexibility index (Phi) is 7.85. The maximum atomic E-state index is 10.8. The molecule has 5 nitrogen and oxygen atoms in total. The number of aromatic hydroxyl groups is 1. The van der Waals surface area contributed by atoms with E-state index >= 15 is 0 Å². The molecule has 0 unspecified atom stereocenters. The van der Waals surface area contributed by atoms with Crippen LogP contribution in [0.5, 0.6) is 5.75 Å². The summed E-state index contributed by atoms with van der Waals surface area (Å²) in [5.74, 6) is 1.34. The molecule has 3 rings (SSSR count). The first-order valence-electron chi connectivity index (χ1n) is 11.9. The van der Waals surface area contributed by atoms with Gasteiger partial charge in [-0.25, -0.2) is 4.99 Å². The van der Waals surface area contributed by atoms with Crippen LogP contribution in [0.25, 0.3) is 11.1 Å². The summed E-state index contributed by atoms with van der Waals surface area (Å²) in [5, 5.41) is 17.2. The van der Waals surface area contributed by atoms with Crippen molar-refractivity contribution in [2.24, 2.45) is 10.4 Å². The fourth-order valence-corrected chi connectivity index (χ4v) is 4.79. The standard InChI is InChI=1S/C28H40N4O/c1-8-22(26-11-10-24(13-27(26)33)23(9-2)16-29-6)12-19(3)20(4)31-21(5)32(7)25-14-28(15-25)17-30-18-28/h9-13,16,25,29-30,33H,2,8,14-15,17-18H2,1,3-7H3/b20-19+,22-12+,23-16+,31-21?. The van der Waals surface area contributed by atoms with Crippen LogP contribution in [0.2, 0.25) is 0 Å². The zero-order valence-electron chi connectivity index (χ0n) is 21.1. The van der Waals surface area contributed by atoms with Crippen molar-refractivity contribution in [3.63, 3.8) is 0 Å². The zero-order valence-corrected chi connectivity index (χ0v) is 21.1. The van der Waals surface area contributed by atoms with E-state index in [0.717, 1.165) is 45.8 Å². The number of phenols is 1. The van der Waals surface area contributed by atoms with Crippen LogP contribution in [0, 0.1) is 5.41 Å². The highest BCUT2D eigenvalue weighted by Gasteiger charge is 2.49. The Morgan fingerprint density at radius 3 is 2.52 bits per heavy atom. The van der Waals surface area contributed by atoms with Gasteiger partial charge in [-0.3, -0.25) is 0 Å². The molecule has 1 aromatic carbocycles. The molecule has 1 aliphatic carbocycles. The summed E-state index contributed by atoms with van der Waals surface area (Å²) in [6.45, 7) is 14.6. The Bertz CT molecular complexity index is 1000. The van der Waals surface area contributed by atoms with Crippen LogP contribution < -0.4 is 10.6 Å². The first kappa shape index (κ1) is 24.8. The molecule has 3 N–H and O–H groups in total. The molecule has 1 aromatic rings. The van der Waals surface area contributed by atoms with E-state index < -0.39 is 0 Å². The molecule has 0 aromatic heterocycles. The summed E-state index contributed by atoms with van der Waals surface area (Å²) >= 11 is 0. The second-order valence-corrected chi connectivity index (χ2v) is 9.55. The lowest BCUT2D eigenvalue weighted by atomic mass is 9.61. The number of phenolic OH excluding ortho intramolecular Hbond substituents is 1. The van der Waals surface area contributed by atoms with Gasteiger partial charge in [0.1, 0.15) is 11.6 Å². The number of allylic oxidation sites excluding steroid dienone is 6. The summed E-state index contributed by atoms with van der Waals surface area (Å²) in [4.78, 5) is 7.26. The molecule has 5 heteroatoms. The second-order valence-electron chi connectivity index (χ2n) is 9.55. The molecular weight excluding hydrogens is 408 g/mol. The van der Waals surface area contributed by atoms with Crippen molar-refractivity contribution in [2.45, 2.75) is 53.0 Å². The molecule has 1 saturated heterocycles. The maximum Gasteiger partial charge on any atom is 0.123 e. The van der Waals surface area contributed by atoms with E-state index in [9.17, 15) is 5.11 Å². The first-order chi connectivity index (χ1) is 15.7. The Labute approximate surface area is 199 Å². The minimum Gasteiger partial charge on any atom is -0.507 e. The Balaban J connectivity index is 1.78. The highest BCUT2D eigenvalue weighted by molar-refractivity contribution is 5.81. The number of nitrogens with one attached hydrogen (secondary N) is 2. The fraction of sp³-hybridized carbons (Fsp3) is 0.464. The number of aliphatic imine (C=N–C) groups is 1. The van der Waals surface area contributed by atoms with Crippen molar-refractivity contribution in [2.75, 3.05) is 27.2 Å². The van der Waals surface area contributed by atoms with Crippen LogP contribution >= 0.6 is 0 Å². The minimum atomic E-state index is 0.277. The summed E-state index contributed by atoms with van der Waals surface area (Å²) in [5.41, 5.74) is 6.49. The van der Waals surface area contributed by atoms with Gasteiger partial charge in [-0.1, -0.05) is 37.8 Å². The molecule has 2 fully saturated rings. The van der Waals surface area contributed by atoms with Crippen molar-refractivity contribution in [3.05, 3.63) is 65.5 Å². The van der Waals surface area contributed by atoms with Crippen molar-refractivity contribution in [1.29, 1.82) is 0 Å². The summed E-state index contributed by atoms with van der Waals surface area (Å²) < 4.78 is 0. The lowest BCUT2D eigenvalue weighted by Gasteiger charge is -2.56. The van der Waals surface area contributed by atoms with Gasteiger partial charge in [0.2, 0.25) is 0 Å². The normalized spacial score (nSPS) is 19.5. The number of rotatable bonds is 8.